The Morgan fingerprint density at radius 2 is 1.47 bits per heavy atom. The van der Waals surface area contributed by atoms with Crippen molar-refractivity contribution in [3.8, 4) is 11.3 Å². The number of carbonyl (C=O) groups excluding carboxylic acids is 1. The van der Waals surface area contributed by atoms with Gasteiger partial charge in [-0.2, -0.15) is 0 Å². The zero-order valence-corrected chi connectivity index (χ0v) is 17.8. The van der Waals surface area contributed by atoms with Gasteiger partial charge in [0.2, 0.25) is 5.91 Å². The first-order valence-electron chi connectivity index (χ1n) is 9.01. The van der Waals surface area contributed by atoms with Crippen LogP contribution in [0.15, 0.2) is 79.0 Å². The first-order chi connectivity index (χ1) is 14.2. The van der Waals surface area contributed by atoms with E-state index in [4.69, 9.17) is 0 Å². The van der Waals surface area contributed by atoms with E-state index in [2.05, 4.69) is 11.1 Å². The molecule has 0 unspecified atom stereocenters. The van der Waals surface area contributed by atoms with Crippen molar-refractivity contribution >= 4 is 27.7 Å². The smallest absolute Gasteiger partial charge is 0.250 e. The minimum Gasteiger partial charge on any atom is -0.305 e. The van der Waals surface area contributed by atoms with Gasteiger partial charge in [0.1, 0.15) is 0 Å². The van der Waals surface area contributed by atoms with E-state index in [0.29, 0.717) is 11.0 Å². The molecule has 0 atom stereocenters. The van der Waals surface area contributed by atoms with Gasteiger partial charge >= 0.3 is 0 Å². The molecule has 1 radical (unpaired) electrons. The van der Waals surface area contributed by atoms with Crippen LogP contribution in [0.5, 0.6) is 0 Å². The Labute approximate surface area is 184 Å². The Kier molecular flexibility index (Phi) is 5.29. The minimum absolute atomic E-state index is 0. The number of nitrogens with zero attached hydrogens (tertiary/aromatic N) is 2. The summed E-state index contributed by atoms with van der Waals surface area (Å²) in [6.45, 7) is 0. The van der Waals surface area contributed by atoms with Gasteiger partial charge in [0, 0.05) is 42.6 Å². The zero-order valence-electron chi connectivity index (χ0n) is 15.4. The minimum atomic E-state index is -0.976. The molecule has 2 aromatic heterocycles. The van der Waals surface area contributed by atoms with Crippen LogP contribution in [0.3, 0.4) is 0 Å². The van der Waals surface area contributed by atoms with Crippen molar-refractivity contribution in [3.05, 3.63) is 102 Å². The fraction of sp³-hybridized carbons (Fsp3) is 0. The first kappa shape index (κ1) is 20.1. The van der Waals surface area contributed by atoms with Crippen LogP contribution in [0.1, 0.15) is 10.4 Å². The zero-order chi connectivity index (χ0) is 20.0. The van der Waals surface area contributed by atoms with E-state index < -0.39 is 23.1 Å². The molecule has 5 rings (SSSR count). The summed E-state index contributed by atoms with van der Waals surface area (Å²) in [6, 6.07) is 23.1. The van der Waals surface area contributed by atoms with Crippen molar-refractivity contribution in [3.63, 3.8) is 0 Å². The van der Waals surface area contributed by atoms with Crippen molar-refractivity contribution in [1.29, 1.82) is 0 Å². The third-order valence-corrected chi connectivity index (χ3v) is 4.94. The van der Waals surface area contributed by atoms with Crippen LogP contribution in [0.25, 0.3) is 33.1 Å². The van der Waals surface area contributed by atoms with E-state index in [-0.39, 0.29) is 31.4 Å². The van der Waals surface area contributed by atoms with Crippen molar-refractivity contribution in [1.82, 2.24) is 9.55 Å². The van der Waals surface area contributed by atoms with E-state index in [0.717, 1.165) is 16.8 Å². The summed E-state index contributed by atoms with van der Waals surface area (Å²) in [5.41, 5.74) is 0.780. The van der Waals surface area contributed by atoms with Gasteiger partial charge in [-0.15, -0.1) is 12.1 Å². The van der Waals surface area contributed by atoms with Crippen LogP contribution in [-0.4, -0.2) is 15.5 Å². The number of carbonyl (C=O) groups is 1. The third kappa shape index (κ3) is 3.05. The molecule has 0 saturated heterocycles. The average molecular weight is 576 g/mol. The molecule has 0 fully saturated rings. The normalized spacial score (nSPS) is 10.9. The van der Waals surface area contributed by atoms with Crippen LogP contribution in [-0.2, 0) is 20.1 Å². The molecular formula is C24H13F2IrN2O-. The van der Waals surface area contributed by atoms with Gasteiger partial charge in [0.15, 0.2) is 0 Å². The molecule has 0 N–H and O–H groups in total. The average Bonchev–Trinajstić information content (AvgIpc) is 3.09. The number of pyridine rings is 1. The maximum Gasteiger partial charge on any atom is 0.250 e. The van der Waals surface area contributed by atoms with Crippen LogP contribution < -0.4 is 0 Å². The Balaban J connectivity index is 0.00000218. The van der Waals surface area contributed by atoms with E-state index in [1.54, 1.807) is 42.5 Å². The third-order valence-electron chi connectivity index (χ3n) is 4.94. The number of benzene rings is 3. The molecule has 0 aliphatic carbocycles. The maximum absolute atomic E-state index is 15.3. The van der Waals surface area contributed by atoms with E-state index in [1.165, 1.54) is 10.8 Å². The van der Waals surface area contributed by atoms with Gasteiger partial charge < -0.3 is 4.98 Å². The summed E-state index contributed by atoms with van der Waals surface area (Å²) < 4.78 is 31.3. The van der Waals surface area contributed by atoms with Crippen molar-refractivity contribution in [2.24, 2.45) is 0 Å². The molecule has 5 aromatic rings. The van der Waals surface area contributed by atoms with Crippen LogP contribution in [0.4, 0.5) is 8.78 Å². The molecule has 0 aliphatic heterocycles. The fourth-order valence-corrected chi connectivity index (χ4v) is 3.65. The summed E-state index contributed by atoms with van der Waals surface area (Å²) in [5, 5.41) is 1.68. The van der Waals surface area contributed by atoms with Gasteiger partial charge in [0.25, 0.3) is 0 Å². The van der Waals surface area contributed by atoms with Crippen LogP contribution >= 0.6 is 0 Å². The number of fused-ring (bicyclic) bond motifs is 3. The topological polar surface area (TPSA) is 34.9 Å². The Morgan fingerprint density at radius 3 is 2.07 bits per heavy atom. The number of para-hydroxylation sites is 2. The molecule has 6 heteroatoms. The largest absolute Gasteiger partial charge is 0.305 e. The first-order valence-corrected chi connectivity index (χ1v) is 9.01. The maximum atomic E-state index is 15.3. The number of hydrogen-bond acceptors (Lipinski definition) is 2. The molecule has 0 saturated carbocycles. The molecule has 0 aliphatic rings. The van der Waals surface area contributed by atoms with Gasteiger partial charge in [0.05, 0.1) is 22.7 Å². The summed E-state index contributed by atoms with van der Waals surface area (Å²) in [7, 11) is 0. The standard InChI is InChI=1S/C24H13F2N2O.Ir/c25-18-13-12-17(19-9-5-6-14-27-19)23(26)22(18)24(29)28-20-10-3-1-7-15(20)16-8-2-4-11-21(16)28;/h1-11,13-14H;/q-1;. The quantitative estimate of drug-likeness (QED) is 0.256. The van der Waals surface area contributed by atoms with Crippen molar-refractivity contribution < 1.29 is 33.7 Å². The predicted molar refractivity (Wildman–Crippen MR) is 108 cm³/mol. The molecule has 149 valence electrons. The molecule has 0 spiro atoms. The van der Waals surface area contributed by atoms with E-state index in [1.807, 2.05) is 24.3 Å². The molecule has 3 aromatic carbocycles. The summed E-state index contributed by atoms with van der Waals surface area (Å²) in [6.07, 6.45) is 1.50. The molecule has 3 nitrogen and oxygen atoms in total. The van der Waals surface area contributed by atoms with E-state index >= 15 is 4.39 Å². The van der Waals surface area contributed by atoms with Crippen molar-refractivity contribution in [2.75, 3.05) is 0 Å². The van der Waals surface area contributed by atoms with Gasteiger partial charge in [-0.05, 0) is 23.9 Å². The molecular weight excluding hydrogens is 562 g/mol. The Morgan fingerprint density at radius 1 is 0.867 bits per heavy atom. The van der Waals surface area contributed by atoms with E-state index in [9.17, 15) is 9.18 Å². The SMILES string of the molecule is O=C(c1c(F)c[c-]c(-c2ccccn2)c1F)n1c2ccccc2c2ccccc21.[Ir]. The molecule has 0 amide bonds. The van der Waals surface area contributed by atoms with Gasteiger partial charge in [-0.1, -0.05) is 54.1 Å². The van der Waals surface area contributed by atoms with Gasteiger partial charge in [-0.3, -0.25) is 18.1 Å². The Bertz CT molecular complexity index is 1340. The Hall–Kier alpha value is -3.21. The van der Waals surface area contributed by atoms with Crippen LogP contribution in [0.2, 0.25) is 0 Å². The monoisotopic (exact) mass is 576 g/mol. The second-order valence-electron chi connectivity index (χ2n) is 6.59. The number of halogens is 2. The molecule has 0 bridgehead atoms. The summed E-state index contributed by atoms with van der Waals surface area (Å²) in [4.78, 5) is 17.5. The second-order valence-corrected chi connectivity index (χ2v) is 6.59. The predicted octanol–water partition coefficient (Wildman–Crippen LogP) is 5.62. The number of aromatic nitrogens is 2. The number of rotatable bonds is 2. The molecule has 30 heavy (non-hydrogen) atoms. The van der Waals surface area contributed by atoms with Crippen LogP contribution in [0, 0.1) is 17.7 Å². The summed E-state index contributed by atoms with van der Waals surface area (Å²) in [5.74, 6) is -2.71. The number of hydrogen-bond donors (Lipinski definition) is 0. The van der Waals surface area contributed by atoms with Crippen molar-refractivity contribution in [2.45, 2.75) is 0 Å². The molecule has 2 heterocycles. The second kappa shape index (κ2) is 7.90. The van der Waals surface area contributed by atoms with Gasteiger partial charge in [-0.25, -0.2) is 0 Å². The summed E-state index contributed by atoms with van der Waals surface area (Å²) >= 11 is 0. The fourth-order valence-electron chi connectivity index (χ4n) is 3.65.